The van der Waals surface area contributed by atoms with Crippen molar-refractivity contribution in [3.05, 3.63) is 52.3 Å². The van der Waals surface area contributed by atoms with Crippen LogP contribution in [-0.2, 0) is 0 Å². The molecule has 0 unspecified atom stereocenters. The monoisotopic (exact) mass is 285 g/mol. The predicted molar refractivity (Wildman–Crippen MR) is 81.7 cm³/mol. The standard InChI is InChI=1S/C15H15N3OS/c1-9-4-5-12(6-10(9)2)16-14(19)13-7-18-11(3)8-20-15(18)17-13/h4-8H,1-3H3,(H,16,19). The molecular weight excluding hydrogens is 270 g/mol. The van der Waals surface area contributed by atoms with Crippen molar-refractivity contribution in [3.8, 4) is 0 Å². The summed E-state index contributed by atoms with van der Waals surface area (Å²) in [4.78, 5) is 17.4. The molecule has 102 valence electrons. The fourth-order valence-corrected chi connectivity index (χ4v) is 2.87. The molecule has 3 rings (SSSR count). The Hall–Kier alpha value is -2.14. The number of hydrogen-bond donors (Lipinski definition) is 1. The largest absolute Gasteiger partial charge is 0.321 e. The molecule has 0 aliphatic rings. The molecule has 3 aromatic rings. The third-order valence-electron chi connectivity index (χ3n) is 3.39. The number of carbonyl (C=O) groups excluding carboxylic acids is 1. The molecule has 0 saturated heterocycles. The highest BCUT2D eigenvalue weighted by molar-refractivity contribution is 7.15. The van der Waals surface area contributed by atoms with Crippen LogP contribution in [0.1, 0.15) is 27.3 Å². The lowest BCUT2D eigenvalue weighted by molar-refractivity contribution is 0.102. The minimum absolute atomic E-state index is 0.177. The molecule has 0 radical (unpaired) electrons. The van der Waals surface area contributed by atoms with Crippen LogP contribution in [0.3, 0.4) is 0 Å². The van der Waals surface area contributed by atoms with Gasteiger partial charge in [-0.2, -0.15) is 0 Å². The van der Waals surface area contributed by atoms with Gasteiger partial charge in [0, 0.05) is 23.0 Å². The Morgan fingerprint density at radius 1 is 1.25 bits per heavy atom. The summed E-state index contributed by atoms with van der Waals surface area (Å²) in [5.41, 5.74) is 4.69. The van der Waals surface area contributed by atoms with E-state index in [2.05, 4.69) is 10.3 Å². The maximum absolute atomic E-state index is 12.2. The van der Waals surface area contributed by atoms with Crippen LogP contribution in [0.15, 0.2) is 29.8 Å². The van der Waals surface area contributed by atoms with E-state index in [1.54, 1.807) is 6.20 Å². The number of hydrogen-bond acceptors (Lipinski definition) is 3. The molecule has 0 bridgehead atoms. The van der Waals surface area contributed by atoms with Crippen LogP contribution >= 0.6 is 11.3 Å². The van der Waals surface area contributed by atoms with Gasteiger partial charge in [0.05, 0.1) is 0 Å². The van der Waals surface area contributed by atoms with Crippen molar-refractivity contribution in [2.24, 2.45) is 0 Å². The lowest BCUT2D eigenvalue weighted by atomic mass is 10.1. The van der Waals surface area contributed by atoms with Gasteiger partial charge in [0.25, 0.3) is 5.91 Å². The molecule has 1 aromatic carbocycles. The summed E-state index contributed by atoms with van der Waals surface area (Å²) in [5, 5.41) is 4.91. The fourth-order valence-electron chi connectivity index (χ4n) is 2.02. The van der Waals surface area contributed by atoms with E-state index in [4.69, 9.17) is 0 Å². The first-order valence-electron chi connectivity index (χ1n) is 6.36. The van der Waals surface area contributed by atoms with Gasteiger partial charge in [-0.05, 0) is 44.0 Å². The predicted octanol–water partition coefficient (Wildman–Crippen LogP) is 3.57. The van der Waals surface area contributed by atoms with Gasteiger partial charge in [0.15, 0.2) is 4.96 Å². The van der Waals surface area contributed by atoms with Crippen molar-refractivity contribution in [2.75, 3.05) is 5.32 Å². The van der Waals surface area contributed by atoms with Gasteiger partial charge in [-0.25, -0.2) is 4.98 Å². The van der Waals surface area contributed by atoms with Crippen LogP contribution in [0.4, 0.5) is 5.69 Å². The highest BCUT2D eigenvalue weighted by Gasteiger charge is 2.13. The minimum Gasteiger partial charge on any atom is -0.321 e. The first kappa shape index (κ1) is 12.9. The maximum atomic E-state index is 12.2. The summed E-state index contributed by atoms with van der Waals surface area (Å²) >= 11 is 1.53. The SMILES string of the molecule is Cc1ccc(NC(=O)c2cn3c(C)csc3n2)cc1C. The summed E-state index contributed by atoms with van der Waals surface area (Å²) < 4.78 is 1.93. The summed E-state index contributed by atoms with van der Waals surface area (Å²) in [6.45, 7) is 6.07. The Bertz CT molecular complexity index is 801. The van der Waals surface area contributed by atoms with Crippen LogP contribution in [0.25, 0.3) is 4.96 Å². The van der Waals surface area contributed by atoms with E-state index in [1.165, 1.54) is 16.9 Å². The van der Waals surface area contributed by atoms with Crippen LogP contribution in [-0.4, -0.2) is 15.3 Å². The number of thiazole rings is 1. The van der Waals surface area contributed by atoms with Crippen LogP contribution in [0.5, 0.6) is 0 Å². The van der Waals surface area contributed by atoms with Gasteiger partial charge in [-0.15, -0.1) is 11.3 Å². The van der Waals surface area contributed by atoms with Crippen molar-refractivity contribution in [2.45, 2.75) is 20.8 Å². The second kappa shape index (κ2) is 4.76. The highest BCUT2D eigenvalue weighted by Crippen LogP contribution is 2.18. The molecule has 0 aliphatic carbocycles. The van der Waals surface area contributed by atoms with E-state index in [-0.39, 0.29) is 5.91 Å². The molecule has 0 saturated carbocycles. The molecule has 2 aromatic heterocycles. The Morgan fingerprint density at radius 3 is 2.75 bits per heavy atom. The second-order valence-corrected chi connectivity index (χ2v) is 5.75. The molecular formula is C15H15N3OS. The summed E-state index contributed by atoms with van der Waals surface area (Å²) in [6, 6.07) is 5.88. The van der Waals surface area contributed by atoms with E-state index >= 15 is 0 Å². The van der Waals surface area contributed by atoms with Crippen molar-refractivity contribution in [1.82, 2.24) is 9.38 Å². The Labute approximate surface area is 121 Å². The number of amides is 1. The van der Waals surface area contributed by atoms with Crippen LogP contribution in [0.2, 0.25) is 0 Å². The zero-order valence-corrected chi connectivity index (χ0v) is 12.4. The van der Waals surface area contributed by atoms with Gasteiger partial charge >= 0.3 is 0 Å². The van der Waals surface area contributed by atoms with Crippen molar-refractivity contribution >= 4 is 27.9 Å². The maximum Gasteiger partial charge on any atom is 0.275 e. The smallest absolute Gasteiger partial charge is 0.275 e. The Morgan fingerprint density at radius 2 is 2.05 bits per heavy atom. The van der Waals surface area contributed by atoms with Gasteiger partial charge < -0.3 is 5.32 Å². The molecule has 2 heterocycles. The molecule has 0 spiro atoms. The molecule has 4 nitrogen and oxygen atoms in total. The Balaban J connectivity index is 1.86. The third-order valence-corrected chi connectivity index (χ3v) is 4.34. The number of nitrogens with zero attached hydrogens (tertiary/aromatic N) is 2. The number of nitrogens with one attached hydrogen (secondary N) is 1. The number of fused-ring (bicyclic) bond motifs is 1. The number of aromatic nitrogens is 2. The zero-order valence-electron chi connectivity index (χ0n) is 11.6. The summed E-state index contributed by atoms with van der Waals surface area (Å²) in [7, 11) is 0. The molecule has 1 N–H and O–H groups in total. The summed E-state index contributed by atoms with van der Waals surface area (Å²) in [5.74, 6) is -0.177. The molecule has 0 atom stereocenters. The van der Waals surface area contributed by atoms with E-state index in [9.17, 15) is 4.79 Å². The number of benzene rings is 1. The lowest BCUT2D eigenvalue weighted by Crippen LogP contribution is -2.12. The summed E-state index contributed by atoms with van der Waals surface area (Å²) in [6.07, 6.45) is 1.78. The normalized spacial score (nSPS) is 10.9. The molecule has 1 amide bonds. The zero-order chi connectivity index (χ0) is 14.3. The van der Waals surface area contributed by atoms with E-state index < -0.39 is 0 Å². The average Bonchev–Trinajstić information content (AvgIpc) is 2.97. The first-order chi connectivity index (χ1) is 9.54. The third kappa shape index (κ3) is 2.20. The lowest BCUT2D eigenvalue weighted by Gasteiger charge is -2.06. The molecule has 0 aliphatic heterocycles. The van der Waals surface area contributed by atoms with Crippen LogP contribution in [0, 0.1) is 20.8 Å². The number of anilines is 1. The number of aryl methyl sites for hydroxylation is 3. The van der Waals surface area contributed by atoms with Crippen molar-refractivity contribution < 1.29 is 4.79 Å². The van der Waals surface area contributed by atoms with Gasteiger partial charge in [0.1, 0.15) is 5.69 Å². The average molecular weight is 285 g/mol. The second-order valence-electron chi connectivity index (χ2n) is 4.91. The van der Waals surface area contributed by atoms with Crippen molar-refractivity contribution in [3.63, 3.8) is 0 Å². The number of carbonyl (C=O) groups is 1. The minimum atomic E-state index is -0.177. The van der Waals surface area contributed by atoms with Gasteiger partial charge in [-0.3, -0.25) is 9.20 Å². The number of imidazole rings is 1. The van der Waals surface area contributed by atoms with Crippen molar-refractivity contribution in [1.29, 1.82) is 0 Å². The van der Waals surface area contributed by atoms with Crippen LogP contribution < -0.4 is 5.32 Å². The van der Waals surface area contributed by atoms with E-state index in [0.29, 0.717) is 5.69 Å². The van der Waals surface area contributed by atoms with E-state index in [1.807, 2.05) is 48.8 Å². The van der Waals surface area contributed by atoms with E-state index in [0.717, 1.165) is 21.9 Å². The van der Waals surface area contributed by atoms with Gasteiger partial charge in [0.2, 0.25) is 0 Å². The fraction of sp³-hybridized carbons (Fsp3) is 0.200. The molecule has 20 heavy (non-hydrogen) atoms. The number of rotatable bonds is 2. The highest BCUT2D eigenvalue weighted by atomic mass is 32.1. The van der Waals surface area contributed by atoms with Gasteiger partial charge in [-0.1, -0.05) is 6.07 Å². The molecule has 5 heteroatoms. The quantitative estimate of drug-likeness (QED) is 0.782. The molecule has 0 fully saturated rings. The topological polar surface area (TPSA) is 46.4 Å². The first-order valence-corrected chi connectivity index (χ1v) is 7.24. The Kier molecular flexibility index (Phi) is 3.06.